The maximum atomic E-state index is 13.1. The van der Waals surface area contributed by atoms with Crippen LogP contribution in [0.5, 0.6) is 5.75 Å². The molecule has 0 aliphatic carbocycles. The second kappa shape index (κ2) is 8.38. The van der Waals surface area contributed by atoms with Crippen molar-refractivity contribution < 1.29 is 19.4 Å². The number of aliphatic hydroxyl groups is 1. The van der Waals surface area contributed by atoms with Crippen molar-refractivity contribution >= 4 is 57.7 Å². The zero-order chi connectivity index (χ0) is 22.3. The van der Waals surface area contributed by atoms with Crippen LogP contribution < -0.4 is 9.64 Å². The molecule has 0 bridgehead atoms. The predicted octanol–water partition coefficient (Wildman–Crippen LogP) is 6.00. The van der Waals surface area contributed by atoms with Crippen molar-refractivity contribution in [1.29, 1.82) is 0 Å². The van der Waals surface area contributed by atoms with Crippen molar-refractivity contribution in [3.63, 3.8) is 0 Å². The monoisotopic (exact) mass is 473 g/mol. The number of hydrogen-bond donors (Lipinski definition) is 1. The number of benzene rings is 2. The molecule has 0 spiro atoms. The van der Waals surface area contributed by atoms with Crippen LogP contribution in [0.4, 0.5) is 5.69 Å². The fourth-order valence-electron chi connectivity index (χ4n) is 3.62. The molecule has 0 radical (unpaired) electrons. The zero-order valence-corrected chi connectivity index (χ0v) is 18.9. The van der Waals surface area contributed by atoms with Gasteiger partial charge in [-0.3, -0.25) is 14.5 Å². The highest BCUT2D eigenvalue weighted by molar-refractivity contribution is 7.10. The predicted molar refractivity (Wildman–Crippen MR) is 123 cm³/mol. The number of carbonyl (C=O) groups is 2. The summed E-state index contributed by atoms with van der Waals surface area (Å²) in [4.78, 5) is 28.4. The average molecular weight is 474 g/mol. The number of carbonyl (C=O) groups excluding carboxylic acids is 2. The first-order chi connectivity index (χ1) is 14.8. The first-order valence-electron chi connectivity index (χ1n) is 9.28. The van der Waals surface area contributed by atoms with Gasteiger partial charge < -0.3 is 9.84 Å². The van der Waals surface area contributed by atoms with Crippen LogP contribution >= 0.6 is 34.5 Å². The van der Waals surface area contributed by atoms with E-state index in [1.54, 1.807) is 37.3 Å². The molecule has 1 aromatic heterocycles. The summed E-state index contributed by atoms with van der Waals surface area (Å²) in [6.45, 7) is 1.78. The number of halogens is 2. The van der Waals surface area contributed by atoms with E-state index in [2.05, 4.69) is 0 Å². The highest BCUT2D eigenvalue weighted by Gasteiger charge is 2.47. The Balaban J connectivity index is 1.94. The lowest BCUT2D eigenvalue weighted by atomic mass is 9.99. The number of nitrogens with zero attached hydrogens (tertiary/aromatic N) is 1. The van der Waals surface area contributed by atoms with Gasteiger partial charge >= 0.3 is 0 Å². The molecule has 1 unspecified atom stereocenters. The van der Waals surface area contributed by atoms with Gasteiger partial charge in [-0.25, -0.2) is 0 Å². The summed E-state index contributed by atoms with van der Waals surface area (Å²) in [6, 6.07) is 12.7. The maximum Gasteiger partial charge on any atom is 0.300 e. The van der Waals surface area contributed by atoms with Crippen LogP contribution in [-0.4, -0.2) is 23.9 Å². The number of ketones is 1. The fourth-order valence-corrected chi connectivity index (χ4v) is 4.87. The summed E-state index contributed by atoms with van der Waals surface area (Å²) >= 11 is 13.9. The van der Waals surface area contributed by atoms with Gasteiger partial charge in [0.2, 0.25) is 0 Å². The van der Waals surface area contributed by atoms with Crippen molar-refractivity contribution in [3.8, 4) is 5.75 Å². The van der Waals surface area contributed by atoms with Crippen LogP contribution in [0.2, 0.25) is 10.0 Å². The molecule has 158 valence electrons. The Labute approximate surface area is 193 Å². The molecular weight excluding hydrogens is 457 g/mol. The number of thiophene rings is 1. The minimum Gasteiger partial charge on any atom is -0.507 e. The molecule has 4 rings (SSSR count). The van der Waals surface area contributed by atoms with Crippen molar-refractivity contribution in [2.75, 3.05) is 12.0 Å². The van der Waals surface area contributed by atoms with Crippen LogP contribution in [-0.2, 0) is 9.59 Å². The molecule has 2 heterocycles. The molecule has 31 heavy (non-hydrogen) atoms. The summed E-state index contributed by atoms with van der Waals surface area (Å²) in [5, 5.41) is 13.7. The maximum absolute atomic E-state index is 13.1. The van der Waals surface area contributed by atoms with Crippen molar-refractivity contribution in [2.45, 2.75) is 13.0 Å². The molecule has 3 aromatic rings. The normalized spacial score (nSPS) is 17.9. The Morgan fingerprint density at radius 2 is 1.87 bits per heavy atom. The average Bonchev–Trinajstić information content (AvgIpc) is 3.37. The van der Waals surface area contributed by atoms with E-state index in [9.17, 15) is 14.7 Å². The summed E-state index contributed by atoms with van der Waals surface area (Å²) in [7, 11) is 1.48. The topological polar surface area (TPSA) is 66.8 Å². The van der Waals surface area contributed by atoms with Gasteiger partial charge in [-0.05, 0) is 54.3 Å². The second-order valence-corrected chi connectivity index (χ2v) is 8.71. The summed E-state index contributed by atoms with van der Waals surface area (Å²) < 4.78 is 5.15. The highest BCUT2D eigenvalue weighted by atomic mass is 35.5. The summed E-state index contributed by atoms with van der Waals surface area (Å²) in [5.41, 5.74) is 1.49. The minimum atomic E-state index is -0.793. The Morgan fingerprint density at radius 1 is 1.10 bits per heavy atom. The molecule has 1 aliphatic heterocycles. The van der Waals surface area contributed by atoms with Gasteiger partial charge in [-0.15, -0.1) is 11.3 Å². The first-order valence-corrected chi connectivity index (χ1v) is 10.9. The lowest BCUT2D eigenvalue weighted by Gasteiger charge is -2.26. The number of amides is 1. The number of methoxy groups -OCH3 is 1. The standard InChI is InChI=1S/C23H17Cl2NO4S/c1-12-14(24)5-3-6-16(12)26-20(18-7-4-10-31-18)19(22(28)23(26)29)21(27)13-8-9-17(30-2)15(25)11-13/h3-11,20,27H,1-2H3/b21-19-. The van der Waals surface area contributed by atoms with Gasteiger partial charge in [0.05, 0.1) is 17.7 Å². The number of ether oxygens (including phenoxy) is 1. The molecule has 1 amide bonds. The Hall–Kier alpha value is -2.80. The van der Waals surface area contributed by atoms with E-state index in [1.807, 2.05) is 17.5 Å². The van der Waals surface area contributed by atoms with E-state index in [4.69, 9.17) is 27.9 Å². The largest absolute Gasteiger partial charge is 0.507 e. The van der Waals surface area contributed by atoms with Gasteiger partial charge in [-0.2, -0.15) is 0 Å². The first kappa shape index (κ1) is 21.4. The SMILES string of the molecule is COc1ccc(/C(O)=C2/C(=O)C(=O)N(c3cccc(Cl)c3C)C2c2cccs2)cc1Cl. The molecule has 1 saturated heterocycles. The van der Waals surface area contributed by atoms with Crippen molar-refractivity contribution in [2.24, 2.45) is 0 Å². The quantitative estimate of drug-likeness (QED) is 0.286. The molecular formula is C23H17Cl2NO4S. The van der Waals surface area contributed by atoms with E-state index >= 15 is 0 Å². The van der Waals surface area contributed by atoms with Gasteiger partial charge in [0.1, 0.15) is 17.6 Å². The third-order valence-electron chi connectivity index (χ3n) is 5.18. The third-order valence-corrected chi connectivity index (χ3v) is 6.81. The van der Waals surface area contributed by atoms with Crippen molar-refractivity contribution in [1.82, 2.24) is 0 Å². The second-order valence-electron chi connectivity index (χ2n) is 6.92. The lowest BCUT2D eigenvalue weighted by Crippen LogP contribution is -2.29. The summed E-state index contributed by atoms with van der Waals surface area (Å²) in [5.74, 6) is -1.38. The zero-order valence-electron chi connectivity index (χ0n) is 16.6. The smallest absolute Gasteiger partial charge is 0.300 e. The lowest BCUT2D eigenvalue weighted by molar-refractivity contribution is -0.132. The number of anilines is 1. The van der Waals surface area contributed by atoms with Crippen LogP contribution in [0, 0.1) is 6.92 Å². The number of aliphatic hydroxyl groups excluding tert-OH is 1. The molecule has 2 aromatic carbocycles. The Bertz CT molecular complexity index is 1220. The molecule has 1 atom stereocenters. The Kier molecular flexibility index (Phi) is 5.79. The Morgan fingerprint density at radius 3 is 2.52 bits per heavy atom. The molecule has 5 nitrogen and oxygen atoms in total. The molecule has 8 heteroatoms. The minimum absolute atomic E-state index is 0.00643. The van der Waals surface area contributed by atoms with E-state index < -0.39 is 17.7 Å². The van der Waals surface area contributed by atoms with Crippen LogP contribution in [0.3, 0.4) is 0 Å². The fraction of sp³-hybridized carbons (Fsp3) is 0.130. The number of Topliss-reactive ketones (excluding diaryl/α,β-unsaturated/α-hetero) is 1. The van der Waals surface area contributed by atoms with E-state index in [-0.39, 0.29) is 16.4 Å². The van der Waals surface area contributed by atoms with Gasteiger partial charge in [-0.1, -0.05) is 35.3 Å². The molecule has 1 fully saturated rings. The molecule has 1 aliphatic rings. The molecule has 0 saturated carbocycles. The van der Waals surface area contributed by atoms with Crippen LogP contribution in [0.25, 0.3) is 5.76 Å². The molecule has 1 N–H and O–H groups in total. The van der Waals surface area contributed by atoms with Gasteiger partial charge in [0, 0.05) is 21.2 Å². The van der Waals surface area contributed by atoms with E-state index in [1.165, 1.54) is 29.4 Å². The van der Waals surface area contributed by atoms with E-state index in [0.29, 0.717) is 27.6 Å². The van der Waals surface area contributed by atoms with Crippen LogP contribution in [0.1, 0.15) is 22.0 Å². The van der Waals surface area contributed by atoms with Gasteiger partial charge in [0.25, 0.3) is 11.7 Å². The highest BCUT2D eigenvalue weighted by Crippen LogP contribution is 2.45. The van der Waals surface area contributed by atoms with Crippen molar-refractivity contribution in [3.05, 3.63) is 85.5 Å². The summed E-state index contributed by atoms with van der Waals surface area (Å²) in [6.07, 6.45) is 0. The number of hydrogen-bond acceptors (Lipinski definition) is 5. The van der Waals surface area contributed by atoms with Crippen LogP contribution in [0.15, 0.2) is 59.5 Å². The van der Waals surface area contributed by atoms with Gasteiger partial charge in [0.15, 0.2) is 0 Å². The number of rotatable bonds is 4. The third kappa shape index (κ3) is 3.61. The van der Waals surface area contributed by atoms with E-state index in [0.717, 1.165) is 4.88 Å².